The largest absolute Gasteiger partial charge is 0.497 e. The number of carbonyl (C=O) groups excluding carboxylic acids is 1. The van der Waals surface area contributed by atoms with Crippen LogP contribution in [0.4, 0.5) is 5.69 Å². The summed E-state index contributed by atoms with van der Waals surface area (Å²) in [6, 6.07) is 16.6. The van der Waals surface area contributed by atoms with Crippen molar-refractivity contribution in [3.63, 3.8) is 0 Å². The van der Waals surface area contributed by atoms with Crippen molar-refractivity contribution in [1.82, 2.24) is 4.90 Å². The minimum atomic E-state index is 0.130. The van der Waals surface area contributed by atoms with Gasteiger partial charge in [-0.3, -0.25) is 4.79 Å². The Balaban J connectivity index is 1.35. The van der Waals surface area contributed by atoms with Gasteiger partial charge in [0.1, 0.15) is 5.75 Å². The number of methoxy groups -OCH3 is 1. The molecule has 0 bridgehead atoms. The molecule has 1 fully saturated rings. The van der Waals surface area contributed by atoms with Crippen LogP contribution in [-0.4, -0.2) is 44.1 Å². The second kappa shape index (κ2) is 6.79. The number of nitrogens with zero attached hydrogens (tertiary/aromatic N) is 2. The van der Waals surface area contributed by atoms with Gasteiger partial charge in [0.15, 0.2) is 0 Å². The molecule has 0 atom stereocenters. The van der Waals surface area contributed by atoms with Gasteiger partial charge < -0.3 is 14.5 Å². The van der Waals surface area contributed by atoms with Gasteiger partial charge in [-0.25, -0.2) is 0 Å². The molecular weight excluding hydrogens is 312 g/mol. The van der Waals surface area contributed by atoms with E-state index in [1.165, 1.54) is 16.8 Å². The molecule has 4 nitrogen and oxygen atoms in total. The maximum atomic E-state index is 12.9. The Morgan fingerprint density at radius 3 is 2.08 bits per heavy atom. The zero-order valence-electron chi connectivity index (χ0n) is 14.6. The van der Waals surface area contributed by atoms with Gasteiger partial charge in [-0.15, -0.1) is 0 Å². The predicted octanol–water partition coefficient (Wildman–Crippen LogP) is 2.76. The highest BCUT2D eigenvalue weighted by atomic mass is 16.5. The van der Waals surface area contributed by atoms with Crippen LogP contribution < -0.4 is 9.64 Å². The number of rotatable bonds is 3. The minimum Gasteiger partial charge on any atom is -0.497 e. The van der Waals surface area contributed by atoms with Crippen LogP contribution in [-0.2, 0) is 17.6 Å². The van der Waals surface area contributed by atoms with Crippen LogP contribution in [0.1, 0.15) is 11.1 Å². The molecule has 0 unspecified atom stereocenters. The van der Waals surface area contributed by atoms with E-state index in [9.17, 15) is 4.79 Å². The molecule has 0 radical (unpaired) electrons. The highest BCUT2D eigenvalue weighted by Crippen LogP contribution is 2.28. The van der Waals surface area contributed by atoms with Gasteiger partial charge in [0.25, 0.3) is 0 Å². The van der Waals surface area contributed by atoms with E-state index in [4.69, 9.17) is 4.74 Å². The third-order valence-electron chi connectivity index (χ3n) is 5.43. The lowest BCUT2D eigenvalue weighted by Crippen LogP contribution is -2.50. The molecule has 0 spiro atoms. The van der Waals surface area contributed by atoms with E-state index in [1.807, 2.05) is 12.1 Å². The summed E-state index contributed by atoms with van der Waals surface area (Å²) in [6.45, 7) is 3.38. The topological polar surface area (TPSA) is 32.8 Å². The molecule has 2 aromatic carbocycles. The van der Waals surface area contributed by atoms with Crippen LogP contribution in [0.2, 0.25) is 0 Å². The van der Waals surface area contributed by atoms with Crippen molar-refractivity contribution in [1.29, 1.82) is 0 Å². The Morgan fingerprint density at radius 1 is 0.920 bits per heavy atom. The van der Waals surface area contributed by atoms with Crippen LogP contribution in [0.25, 0.3) is 0 Å². The van der Waals surface area contributed by atoms with Crippen LogP contribution in [0.5, 0.6) is 5.75 Å². The summed E-state index contributed by atoms with van der Waals surface area (Å²) in [5.74, 6) is 1.33. The van der Waals surface area contributed by atoms with Crippen molar-refractivity contribution in [2.75, 3.05) is 38.2 Å². The number of piperazine rings is 1. The summed E-state index contributed by atoms with van der Waals surface area (Å²) in [4.78, 5) is 17.3. The SMILES string of the molecule is COc1ccc(N2CCN(C(=O)C3Cc4ccccc4C3)CC2)cc1. The molecule has 25 heavy (non-hydrogen) atoms. The third-order valence-corrected chi connectivity index (χ3v) is 5.43. The van der Waals surface area contributed by atoms with E-state index < -0.39 is 0 Å². The van der Waals surface area contributed by atoms with Crippen molar-refractivity contribution in [2.24, 2.45) is 5.92 Å². The lowest BCUT2D eigenvalue weighted by Gasteiger charge is -2.37. The summed E-state index contributed by atoms with van der Waals surface area (Å²) in [5.41, 5.74) is 3.89. The molecule has 0 N–H and O–H groups in total. The fraction of sp³-hybridized carbons (Fsp3) is 0.381. The van der Waals surface area contributed by atoms with Crippen molar-refractivity contribution in [3.8, 4) is 5.75 Å². The maximum absolute atomic E-state index is 12.9. The van der Waals surface area contributed by atoms with E-state index in [-0.39, 0.29) is 5.92 Å². The standard InChI is InChI=1S/C21H24N2O2/c1-25-20-8-6-19(7-9-20)22-10-12-23(13-11-22)21(24)18-14-16-4-2-3-5-17(16)15-18/h2-9,18H,10-15H2,1H3. The summed E-state index contributed by atoms with van der Waals surface area (Å²) in [7, 11) is 1.68. The summed E-state index contributed by atoms with van der Waals surface area (Å²) < 4.78 is 5.22. The first-order chi connectivity index (χ1) is 12.2. The molecule has 0 aromatic heterocycles. The molecule has 4 rings (SSSR count). The van der Waals surface area contributed by atoms with Gasteiger partial charge in [0.05, 0.1) is 7.11 Å². The molecule has 1 heterocycles. The zero-order valence-corrected chi connectivity index (χ0v) is 14.6. The molecular formula is C21H24N2O2. The zero-order chi connectivity index (χ0) is 17.2. The number of anilines is 1. The van der Waals surface area contributed by atoms with Crippen molar-refractivity contribution >= 4 is 11.6 Å². The molecule has 1 saturated heterocycles. The summed E-state index contributed by atoms with van der Waals surface area (Å²) in [5, 5.41) is 0. The summed E-state index contributed by atoms with van der Waals surface area (Å²) >= 11 is 0. The second-order valence-corrected chi connectivity index (χ2v) is 6.88. The number of benzene rings is 2. The van der Waals surface area contributed by atoms with Crippen LogP contribution in [0.3, 0.4) is 0 Å². The first-order valence-corrected chi connectivity index (χ1v) is 8.99. The number of fused-ring (bicyclic) bond motifs is 1. The van der Waals surface area contributed by atoms with Crippen LogP contribution >= 0.6 is 0 Å². The smallest absolute Gasteiger partial charge is 0.226 e. The number of hydrogen-bond donors (Lipinski definition) is 0. The number of ether oxygens (including phenoxy) is 1. The fourth-order valence-corrected chi connectivity index (χ4v) is 3.97. The quantitative estimate of drug-likeness (QED) is 0.864. The predicted molar refractivity (Wildman–Crippen MR) is 99.1 cm³/mol. The fourth-order valence-electron chi connectivity index (χ4n) is 3.97. The van der Waals surface area contributed by atoms with E-state index in [0.717, 1.165) is 44.8 Å². The molecule has 2 aromatic rings. The first-order valence-electron chi connectivity index (χ1n) is 8.99. The maximum Gasteiger partial charge on any atom is 0.226 e. The van der Waals surface area contributed by atoms with E-state index in [2.05, 4.69) is 46.2 Å². The second-order valence-electron chi connectivity index (χ2n) is 6.88. The summed E-state index contributed by atoms with van der Waals surface area (Å²) in [6.07, 6.45) is 1.79. The Kier molecular flexibility index (Phi) is 4.35. The van der Waals surface area contributed by atoms with Gasteiger partial charge in [0, 0.05) is 37.8 Å². The lowest BCUT2D eigenvalue weighted by atomic mass is 10.0. The van der Waals surface area contributed by atoms with Gasteiger partial charge in [0.2, 0.25) is 5.91 Å². The molecule has 0 saturated carbocycles. The molecule has 130 valence electrons. The normalized spacial score (nSPS) is 17.5. The van der Waals surface area contributed by atoms with Gasteiger partial charge >= 0.3 is 0 Å². The Morgan fingerprint density at radius 2 is 1.52 bits per heavy atom. The van der Waals surface area contributed by atoms with Gasteiger partial charge in [-0.1, -0.05) is 24.3 Å². The molecule has 2 aliphatic rings. The van der Waals surface area contributed by atoms with Crippen molar-refractivity contribution in [2.45, 2.75) is 12.8 Å². The average molecular weight is 336 g/mol. The van der Waals surface area contributed by atoms with Crippen LogP contribution in [0, 0.1) is 5.92 Å². The number of amides is 1. The minimum absolute atomic E-state index is 0.130. The Bertz CT molecular complexity index is 724. The highest BCUT2D eigenvalue weighted by molar-refractivity contribution is 5.80. The van der Waals surface area contributed by atoms with E-state index in [1.54, 1.807) is 7.11 Å². The van der Waals surface area contributed by atoms with Crippen LogP contribution in [0.15, 0.2) is 48.5 Å². The highest BCUT2D eigenvalue weighted by Gasteiger charge is 2.31. The third kappa shape index (κ3) is 3.21. The van der Waals surface area contributed by atoms with Crippen molar-refractivity contribution < 1.29 is 9.53 Å². The lowest BCUT2D eigenvalue weighted by molar-refractivity contribution is -0.135. The average Bonchev–Trinajstić information content (AvgIpc) is 3.12. The van der Waals surface area contributed by atoms with Gasteiger partial charge in [-0.2, -0.15) is 0 Å². The van der Waals surface area contributed by atoms with Gasteiger partial charge in [-0.05, 0) is 48.2 Å². The first kappa shape index (κ1) is 16.0. The van der Waals surface area contributed by atoms with Crippen molar-refractivity contribution in [3.05, 3.63) is 59.7 Å². The molecule has 1 aliphatic heterocycles. The number of hydrogen-bond acceptors (Lipinski definition) is 3. The molecule has 4 heteroatoms. The van der Waals surface area contributed by atoms with E-state index >= 15 is 0 Å². The molecule has 1 aliphatic carbocycles. The Hall–Kier alpha value is -2.49. The molecule has 1 amide bonds. The monoisotopic (exact) mass is 336 g/mol. The Labute approximate surface area is 149 Å². The number of carbonyl (C=O) groups is 1. The van der Waals surface area contributed by atoms with E-state index in [0.29, 0.717) is 5.91 Å².